The Hall–Kier alpha value is -3.82. The van der Waals surface area contributed by atoms with Gasteiger partial charge in [0.25, 0.3) is 11.6 Å². The highest BCUT2D eigenvalue weighted by Crippen LogP contribution is 2.29. The molecular weight excluding hydrogens is 385 g/mol. The summed E-state index contributed by atoms with van der Waals surface area (Å²) >= 11 is 0. The number of non-ortho nitro benzene ring substituents is 1. The second-order valence-electron chi connectivity index (χ2n) is 6.67. The highest BCUT2D eigenvalue weighted by Gasteiger charge is 2.33. The molecule has 2 aromatic rings. The fraction of sp³-hybridized carbons (Fsp3) is 0.211. The molecule has 29 heavy (non-hydrogen) atoms. The Bertz CT molecular complexity index is 1010. The second kappa shape index (κ2) is 8.05. The number of carbonyl (C=O) groups excluding carboxylic acids is 3. The number of carboxylic acid groups (broad SMARTS) is 1. The third-order valence-electron chi connectivity index (χ3n) is 4.17. The first kappa shape index (κ1) is 21.5. The van der Waals surface area contributed by atoms with Crippen LogP contribution in [0.25, 0.3) is 0 Å². The Kier molecular flexibility index (Phi) is 5.96. The molecule has 0 aliphatic rings. The van der Waals surface area contributed by atoms with Crippen LogP contribution in [0.3, 0.4) is 0 Å². The Labute approximate surface area is 164 Å². The van der Waals surface area contributed by atoms with Gasteiger partial charge < -0.3 is 20.1 Å². The summed E-state index contributed by atoms with van der Waals surface area (Å²) in [6, 6.07) is 8.26. The van der Waals surface area contributed by atoms with Crippen LogP contribution in [0.1, 0.15) is 29.8 Å². The number of amides is 2. The number of hydrogen-bond acceptors (Lipinski definition) is 6. The minimum absolute atomic E-state index is 0.0536. The van der Waals surface area contributed by atoms with Gasteiger partial charge in [0, 0.05) is 19.2 Å². The van der Waals surface area contributed by atoms with E-state index >= 15 is 0 Å². The molecule has 0 unspecified atom stereocenters. The molecule has 9 nitrogen and oxygen atoms in total. The maximum Gasteiger partial charge on any atom is 0.270 e. The molecule has 0 saturated carbocycles. The van der Waals surface area contributed by atoms with E-state index in [1.54, 1.807) is 0 Å². The van der Waals surface area contributed by atoms with Gasteiger partial charge in [-0.15, -0.1) is 0 Å². The van der Waals surface area contributed by atoms with Crippen LogP contribution in [0.5, 0.6) is 0 Å². The van der Waals surface area contributed by atoms with Crippen molar-refractivity contribution in [2.75, 3.05) is 11.9 Å². The summed E-state index contributed by atoms with van der Waals surface area (Å²) in [5.74, 6) is -2.46. The second-order valence-corrected chi connectivity index (χ2v) is 6.67. The molecule has 152 valence electrons. The molecule has 0 fully saturated rings. The topological polar surface area (TPSA) is 133 Å². The number of benzene rings is 2. The van der Waals surface area contributed by atoms with Crippen molar-refractivity contribution >= 4 is 29.2 Å². The zero-order chi connectivity index (χ0) is 21.9. The first-order valence-electron chi connectivity index (χ1n) is 8.30. The maximum atomic E-state index is 14.1. The zero-order valence-electron chi connectivity index (χ0n) is 15.8. The minimum atomic E-state index is -1.68. The standard InChI is InChI=1S/C19H18FN3O6/c1-19(2,21-18(26)27)17(25)22(3)15-9-8-11(23(28)29)10-13(15)16(24)12-6-4-5-7-14(12)20/h4-10,21H,1-3H3,(H,26,27)/p-1. The van der Waals surface area contributed by atoms with Crippen LogP contribution in [-0.4, -0.2) is 35.3 Å². The van der Waals surface area contributed by atoms with Crippen molar-refractivity contribution in [1.29, 1.82) is 0 Å². The van der Waals surface area contributed by atoms with Crippen molar-refractivity contribution in [3.05, 3.63) is 69.5 Å². The Morgan fingerprint density at radius 3 is 2.28 bits per heavy atom. The lowest BCUT2D eigenvalue weighted by Crippen LogP contribution is -2.58. The van der Waals surface area contributed by atoms with Crippen molar-refractivity contribution in [2.24, 2.45) is 0 Å². The highest BCUT2D eigenvalue weighted by molar-refractivity contribution is 6.15. The van der Waals surface area contributed by atoms with Crippen molar-refractivity contribution < 1.29 is 28.8 Å². The van der Waals surface area contributed by atoms with Crippen LogP contribution in [0.15, 0.2) is 42.5 Å². The first-order valence-corrected chi connectivity index (χ1v) is 8.30. The van der Waals surface area contributed by atoms with E-state index in [1.807, 2.05) is 5.32 Å². The lowest BCUT2D eigenvalue weighted by Gasteiger charge is -2.32. The zero-order valence-corrected chi connectivity index (χ0v) is 15.8. The number of nitro benzene ring substituents is 1. The summed E-state index contributed by atoms with van der Waals surface area (Å²) in [6.07, 6.45) is -1.68. The van der Waals surface area contributed by atoms with E-state index in [-0.39, 0.29) is 16.8 Å². The number of nitrogens with one attached hydrogen (secondary N) is 1. The van der Waals surface area contributed by atoms with Gasteiger partial charge in [-0.05, 0) is 32.0 Å². The molecule has 0 heterocycles. The third kappa shape index (κ3) is 4.54. The molecular formula is C19H17FN3O6-. The largest absolute Gasteiger partial charge is 0.530 e. The van der Waals surface area contributed by atoms with E-state index < -0.39 is 39.8 Å². The van der Waals surface area contributed by atoms with Crippen LogP contribution < -0.4 is 15.3 Å². The Morgan fingerprint density at radius 1 is 1.10 bits per heavy atom. The van der Waals surface area contributed by atoms with Crippen molar-refractivity contribution in [1.82, 2.24) is 5.32 Å². The molecule has 0 aromatic heterocycles. The van der Waals surface area contributed by atoms with Crippen LogP contribution >= 0.6 is 0 Å². The summed E-state index contributed by atoms with van der Waals surface area (Å²) in [4.78, 5) is 47.8. The quantitative estimate of drug-likeness (QED) is 0.444. The molecule has 0 bridgehead atoms. The number of halogens is 1. The van der Waals surface area contributed by atoms with Gasteiger partial charge in [0.2, 0.25) is 0 Å². The third-order valence-corrected chi connectivity index (χ3v) is 4.17. The molecule has 0 spiro atoms. The highest BCUT2D eigenvalue weighted by atomic mass is 19.1. The predicted octanol–water partition coefficient (Wildman–Crippen LogP) is 1.64. The van der Waals surface area contributed by atoms with Gasteiger partial charge in [0.1, 0.15) is 17.4 Å². The summed E-state index contributed by atoms with van der Waals surface area (Å²) in [6.45, 7) is 2.57. The molecule has 0 atom stereocenters. The molecule has 2 amide bonds. The van der Waals surface area contributed by atoms with E-state index in [1.165, 1.54) is 45.2 Å². The SMILES string of the molecule is CN(C(=O)C(C)(C)NC(=O)[O-])c1ccc([N+](=O)[O-])cc1C(=O)c1ccccc1F. The average molecular weight is 402 g/mol. The molecule has 0 radical (unpaired) electrons. The lowest BCUT2D eigenvalue weighted by molar-refractivity contribution is -0.384. The lowest BCUT2D eigenvalue weighted by atomic mass is 9.98. The molecule has 10 heteroatoms. The van der Waals surface area contributed by atoms with Gasteiger partial charge in [-0.2, -0.15) is 0 Å². The van der Waals surface area contributed by atoms with E-state index in [4.69, 9.17) is 0 Å². The van der Waals surface area contributed by atoms with Crippen molar-refractivity contribution in [3.8, 4) is 0 Å². The van der Waals surface area contributed by atoms with Crippen LogP contribution in [-0.2, 0) is 4.79 Å². The molecule has 1 N–H and O–H groups in total. The number of hydrogen-bond donors (Lipinski definition) is 1. The molecule has 2 rings (SSSR count). The summed E-state index contributed by atoms with van der Waals surface area (Å²) in [7, 11) is 1.26. The first-order chi connectivity index (χ1) is 13.5. The van der Waals surface area contributed by atoms with Gasteiger partial charge in [-0.25, -0.2) is 4.39 Å². The van der Waals surface area contributed by atoms with E-state index in [9.17, 15) is 34.0 Å². The van der Waals surface area contributed by atoms with Crippen LogP contribution in [0.4, 0.5) is 20.6 Å². The number of ketones is 1. The van der Waals surface area contributed by atoms with Crippen LogP contribution in [0, 0.1) is 15.9 Å². The van der Waals surface area contributed by atoms with Gasteiger partial charge >= 0.3 is 0 Å². The van der Waals surface area contributed by atoms with Gasteiger partial charge in [-0.3, -0.25) is 19.7 Å². The number of nitrogens with zero attached hydrogens (tertiary/aromatic N) is 2. The Balaban J connectivity index is 2.59. The average Bonchev–Trinajstić information content (AvgIpc) is 2.65. The fourth-order valence-electron chi connectivity index (χ4n) is 2.74. The molecule has 0 saturated heterocycles. The van der Waals surface area contributed by atoms with Crippen molar-refractivity contribution in [2.45, 2.75) is 19.4 Å². The predicted molar refractivity (Wildman–Crippen MR) is 98.9 cm³/mol. The minimum Gasteiger partial charge on any atom is -0.530 e. The van der Waals surface area contributed by atoms with E-state index in [0.717, 1.165) is 23.1 Å². The molecule has 0 aliphatic heterocycles. The molecule has 0 aliphatic carbocycles. The smallest absolute Gasteiger partial charge is 0.270 e. The van der Waals surface area contributed by atoms with E-state index in [2.05, 4.69) is 0 Å². The number of anilines is 1. The summed E-state index contributed by atoms with van der Waals surface area (Å²) in [5.41, 5.74) is -2.72. The summed E-state index contributed by atoms with van der Waals surface area (Å²) < 4.78 is 14.1. The number of likely N-dealkylation sites (N-methyl/N-ethyl adjacent to an activating group) is 1. The number of nitro groups is 1. The fourth-order valence-corrected chi connectivity index (χ4v) is 2.74. The number of rotatable bonds is 6. The van der Waals surface area contributed by atoms with Gasteiger partial charge in [-0.1, -0.05) is 12.1 Å². The van der Waals surface area contributed by atoms with E-state index in [0.29, 0.717) is 0 Å². The normalized spacial score (nSPS) is 10.9. The van der Waals surface area contributed by atoms with Gasteiger partial charge in [0.05, 0.1) is 21.7 Å². The van der Waals surface area contributed by atoms with Crippen molar-refractivity contribution in [3.63, 3.8) is 0 Å². The monoisotopic (exact) mass is 402 g/mol. The van der Waals surface area contributed by atoms with Crippen LogP contribution in [0.2, 0.25) is 0 Å². The molecule has 2 aromatic carbocycles. The number of carbonyl (C=O) groups is 3. The van der Waals surface area contributed by atoms with Gasteiger partial charge in [0.15, 0.2) is 5.78 Å². The maximum absolute atomic E-state index is 14.1. The summed E-state index contributed by atoms with van der Waals surface area (Å²) in [5, 5.41) is 23.9. The Morgan fingerprint density at radius 2 is 1.72 bits per heavy atom.